The van der Waals surface area contributed by atoms with Crippen LogP contribution in [0.25, 0.3) is 11.5 Å². The highest BCUT2D eigenvalue weighted by atomic mass is 16.3. The van der Waals surface area contributed by atoms with Crippen LogP contribution in [0.2, 0.25) is 0 Å². The van der Waals surface area contributed by atoms with Crippen molar-refractivity contribution in [2.45, 2.75) is 13.5 Å². The number of nitrogen functional groups attached to an aromatic ring is 1. The summed E-state index contributed by atoms with van der Waals surface area (Å²) < 4.78 is 5.27. The Hall–Kier alpha value is -3.22. The van der Waals surface area contributed by atoms with Crippen LogP contribution in [0.5, 0.6) is 0 Å². The molecule has 0 aliphatic rings. The van der Waals surface area contributed by atoms with E-state index in [2.05, 4.69) is 20.3 Å². The number of carbonyl (C=O) groups excluding carboxylic acids is 1. The van der Waals surface area contributed by atoms with Crippen molar-refractivity contribution in [2.75, 3.05) is 5.73 Å². The largest absolute Gasteiger partial charge is 0.463 e. The summed E-state index contributed by atoms with van der Waals surface area (Å²) in [6.07, 6.45) is 3.21. The van der Waals surface area contributed by atoms with E-state index in [1.54, 1.807) is 18.3 Å². The molecule has 0 fully saturated rings. The van der Waals surface area contributed by atoms with Crippen molar-refractivity contribution in [2.24, 2.45) is 0 Å². The van der Waals surface area contributed by atoms with Crippen molar-refractivity contribution in [1.82, 2.24) is 20.3 Å². The molecular formula is C16H15N5O2. The summed E-state index contributed by atoms with van der Waals surface area (Å²) in [6, 6.07) is 8.79. The molecule has 0 unspecified atom stereocenters. The minimum absolute atomic E-state index is 0.0121. The fourth-order valence-corrected chi connectivity index (χ4v) is 2.09. The third-order valence-corrected chi connectivity index (χ3v) is 3.28. The average molecular weight is 309 g/mol. The normalized spacial score (nSPS) is 10.5. The van der Waals surface area contributed by atoms with E-state index in [-0.39, 0.29) is 17.5 Å². The number of aryl methyl sites for hydroxylation is 1. The highest BCUT2D eigenvalue weighted by Gasteiger charge is 2.13. The summed E-state index contributed by atoms with van der Waals surface area (Å²) in [4.78, 5) is 24.6. The Bertz CT molecular complexity index is 830. The molecule has 0 aliphatic carbocycles. The molecule has 0 atom stereocenters. The van der Waals surface area contributed by atoms with Crippen LogP contribution < -0.4 is 11.1 Å². The second-order valence-electron chi connectivity index (χ2n) is 4.92. The first kappa shape index (κ1) is 14.7. The maximum Gasteiger partial charge on any atom is 0.270 e. The van der Waals surface area contributed by atoms with Gasteiger partial charge in [-0.2, -0.15) is 0 Å². The van der Waals surface area contributed by atoms with E-state index in [4.69, 9.17) is 10.2 Å². The second-order valence-corrected chi connectivity index (χ2v) is 4.92. The summed E-state index contributed by atoms with van der Waals surface area (Å²) in [5.74, 6) is 0.184. The maximum atomic E-state index is 12.3. The van der Waals surface area contributed by atoms with Gasteiger partial charge in [-0.15, -0.1) is 0 Å². The summed E-state index contributed by atoms with van der Waals surface area (Å²) in [6.45, 7) is 2.25. The number of nitrogens with two attached hydrogens (primary N) is 1. The van der Waals surface area contributed by atoms with Gasteiger partial charge in [-0.25, -0.2) is 9.97 Å². The molecule has 0 spiro atoms. The highest BCUT2D eigenvalue weighted by Crippen LogP contribution is 2.19. The van der Waals surface area contributed by atoms with Gasteiger partial charge in [0, 0.05) is 6.20 Å². The second kappa shape index (κ2) is 6.27. The minimum atomic E-state index is -0.350. The first-order chi connectivity index (χ1) is 11.1. The molecule has 0 saturated carbocycles. The first-order valence-electron chi connectivity index (χ1n) is 7.00. The molecule has 7 heteroatoms. The van der Waals surface area contributed by atoms with Gasteiger partial charge in [-0.05, 0) is 36.8 Å². The van der Waals surface area contributed by atoms with Crippen LogP contribution in [-0.2, 0) is 6.54 Å². The maximum absolute atomic E-state index is 12.3. The van der Waals surface area contributed by atoms with Crippen LogP contribution in [0.1, 0.15) is 21.7 Å². The van der Waals surface area contributed by atoms with Gasteiger partial charge in [0.2, 0.25) is 5.95 Å². The van der Waals surface area contributed by atoms with Gasteiger partial charge < -0.3 is 15.5 Å². The molecular weight excluding hydrogens is 294 g/mol. The number of pyridine rings is 1. The van der Waals surface area contributed by atoms with Gasteiger partial charge in [-0.1, -0.05) is 6.07 Å². The molecule has 0 aliphatic heterocycles. The first-order valence-corrected chi connectivity index (χ1v) is 7.00. The highest BCUT2D eigenvalue weighted by molar-refractivity contribution is 5.93. The monoisotopic (exact) mass is 309 g/mol. The number of carbonyl (C=O) groups is 1. The van der Waals surface area contributed by atoms with Crippen LogP contribution in [0.4, 0.5) is 5.95 Å². The topological polar surface area (TPSA) is 107 Å². The van der Waals surface area contributed by atoms with E-state index >= 15 is 0 Å². The van der Waals surface area contributed by atoms with Gasteiger partial charge in [0.25, 0.3) is 5.91 Å². The van der Waals surface area contributed by atoms with Gasteiger partial charge in [0.15, 0.2) is 5.76 Å². The minimum Gasteiger partial charge on any atom is -0.463 e. The fourth-order valence-electron chi connectivity index (χ4n) is 2.09. The van der Waals surface area contributed by atoms with E-state index in [1.807, 2.05) is 19.1 Å². The molecule has 3 aromatic rings. The van der Waals surface area contributed by atoms with Gasteiger partial charge in [0.05, 0.1) is 18.5 Å². The zero-order chi connectivity index (χ0) is 16.2. The Morgan fingerprint density at radius 1 is 1.30 bits per heavy atom. The predicted molar refractivity (Wildman–Crippen MR) is 84.3 cm³/mol. The van der Waals surface area contributed by atoms with Crippen LogP contribution in [0.15, 0.2) is 47.2 Å². The van der Waals surface area contributed by atoms with Gasteiger partial charge in [0.1, 0.15) is 11.4 Å². The standard InChI is InChI=1S/C16H15N5O2/c1-10-4-2-6-18-13(10)9-19-15(22)12-8-11(20-16(17)21-12)14-5-3-7-23-14/h2-8H,9H2,1H3,(H,19,22)(H2,17,20,21). The lowest BCUT2D eigenvalue weighted by molar-refractivity contribution is 0.0945. The molecule has 0 saturated heterocycles. The lowest BCUT2D eigenvalue weighted by atomic mass is 10.2. The SMILES string of the molecule is Cc1cccnc1CNC(=O)c1cc(-c2ccco2)nc(N)n1. The molecule has 3 heterocycles. The van der Waals surface area contributed by atoms with Crippen LogP contribution in [-0.4, -0.2) is 20.9 Å². The summed E-state index contributed by atoms with van der Waals surface area (Å²) in [5.41, 5.74) is 8.12. The lowest BCUT2D eigenvalue weighted by Crippen LogP contribution is -2.25. The zero-order valence-corrected chi connectivity index (χ0v) is 12.5. The van der Waals surface area contributed by atoms with E-state index in [9.17, 15) is 4.79 Å². The number of nitrogens with zero attached hydrogens (tertiary/aromatic N) is 3. The number of hydrogen-bond acceptors (Lipinski definition) is 6. The number of aromatic nitrogens is 3. The number of nitrogens with one attached hydrogen (secondary N) is 1. The number of amides is 1. The van der Waals surface area contributed by atoms with Crippen LogP contribution >= 0.6 is 0 Å². The van der Waals surface area contributed by atoms with Crippen molar-refractivity contribution < 1.29 is 9.21 Å². The van der Waals surface area contributed by atoms with E-state index in [1.165, 1.54) is 12.3 Å². The molecule has 0 radical (unpaired) electrons. The quantitative estimate of drug-likeness (QED) is 0.763. The summed E-state index contributed by atoms with van der Waals surface area (Å²) >= 11 is 0. The third kappa shape index (κ3) is 3.34. The van der Waals surface area contributed by atoms with E-state index < -0.39 is 0 Å². The Balaban J connectivity index is 1.78. The van der Waals surface area contributed by atoms with Gasteiger partial charge in [-0.3, -0.25) is 9.78 Å². The molecule has 23 heavy (non-hydrogen) atoms. The zero-order valence-electron chi connectivity index (χ0n) is 12.5. The van der Waals surface area contributed by atoms with Crippen molar-refractivity contribution in [1.29, 1.82) is 0 Å². The Labute approximate surface area is 132 Å². The van der Waals surface area contributed by atoms with Crippen molar-refractivity contribution in [3.63, 3.8) is 0 Å². The summed E-state index contributed by atoms with van der Waals surface area (Å²) in [5, 5.41) is 2.78. The summed E-state index contributed by atoms with van der Waals surface area (Å²) in [7, 11) is 0. The Kier molecular flexibility index (Phi) is 4.01. The Morgan fingerprint density at radius 3 is 2.91 bits per heavy atom. The molecule has 7 nitrogen and oxygen atoms in total. The molecule has 3 N–H and O–H groups in total. The molecule has 3 aromatic heterocycles. The number of rotatable bonds is 4. The van der Waals surface area contributed by atoms with E-state index in [0.29, 0.717) is 18.0 Å². The lowest BCUT2D eigenvalue weighted by Gasteiger charge is -2.07. The molecule has 116 valence electrons. The fraction of sp³-hybridized carbons (Fsp3) is 0.125. The number of anilines is 1. The van der Waals surface area contributed by atoms with E-state index in [0.717, 1.165) is 11.3 Å². The molecule has 0 aromatic carbocycles. The number of hydrogen-bond donors (Lipinski definition) is 2. The third-order valence-electron chi connectivity index (χ3n) is 3.28. The van der Waals surface area contributed by atoms with Crippen molar-refractivity contribution in [3.05, 3.63) is 59.7 Å². The molecule has 0 bridgehead atoms. The van der Waals surface area contributed by atoms with Crippen molar-refractivity contribution >= 4 is 11.9 Å². The smallest absolute Gasteiger partial charge is 0.270 e. The van der Waals surface area contributed by atoms with Gasteiger partial charge >= 0.3 is 0 Å². The Morgan fingerprint density at radius 2 is 2.17 bits per heavy atom. The van der Waals surface area contributed by atoms with Crippen LogP contribution in [0.3, 0.4) is 0 Å². The van der Waals surface area contributed by atoms with Crippen molar-refractivity contribution in [3.8, 4) is 11.5 Å². The molecule has 1 amide bonds. The number of furan rings is 1. The predicted octanol–water partition coefficient (Wildman–Crippen LogP) is 1.95. The average Bonchev–Trinajstić information content (AvgIpc) is 3.08. The van der Waals surface area contributed by atoms with Crippen LogP contribution in [0, 0.1) is 6.92 Å². The molecule has 3 rings (SSSR count).